The molecule has 2 heterocycles. The highest BCUT2D eigenvalue weighted by molar-refractivity contribution is 9.10. The van der Waals surface area contributed by atoms with Crippen molar-refractivity contribution in [3.05, 3.63) is 82.0 Å². The first-order valence-corrected chi connectivity index (χ1v) is 8.63. The molecule has 3 aromatic rings. The topological polar surface area (TPSA) is 93.8 Å². The van der Waals surface area contributed by atoms with Gasteiger partial charge in [0.2, 0.25) is 5.76 Å². The molecule has 136 valence electrons. The van der Waals surface area contributed by atoms with Crippen molar-refractivity contribution in [1.82, 2.24) is 10.4 Å². The summed E-state index contributed by atoms with van der Waals surface area (Å²) >= 11 is 3.35. The Labute approximate surface area is 163 Å². The Morgan fingerprint density at radius 1 is 1.26 bits per heavy atom. The number of carbonyl (C=O) groups is 2. The Kier molecular flexibility index (Phi) is 5.77. The molecule has 1 aromatic carbocycles. The molecule has 0 atom stereocenters. The number of nitrogens with one attached hydrogen (secondary N) is 1. The fraction of sp³-hybridized carbons (Fsp3) is 0.0526. The largest absolute Gasteiger partial charge is 0.457 e. The zero-order chi connectivity index (χ0) is 19.2. The predicted molar refractivity (Wildman–Crippen MR) is 102 cm³/mol. The molecule has 7 nitrogen and oxygen atoms in total. The number of pyridine rings is 1. The number of benzene rings is 1. The van der Waals surface area contributed by atoms with Gasteiger partial charge in [-0.2, -0.15) is 5.10 Å². The lowest BCUT2D eigenvalue weighted by Gasteiger charge is -2.07. The van der Waals surface area contributed by atoms with Gasteiger partial charge in [-0.15, -0.1) is 0 Å². The molecule has 0 aliphatic rings. The van der Waals surface area contributed by atoms with Crippen LogP contribution in [-0.4, -0.2) is 23.1 Å². The minimum absolute atomic E-state index is 0.0842. The van der Waals surface area contributed by atoms with Crippen LogP contribution in [0.2, 0.25) is 0 Å². The molecule has 0 saturated carbocycles. The number of carbonyl (C=O) groups excluding carboxylic acids is 2. The number of rotatable bonds is 5. The van der Waals surface area contributed by atoms with Crippen molar-refractivity contribution in [2.45, 2.75) is 6.92 Å². The van der Waals surface area contributed by atoms with Gasteiger partial charge in [-0.05, 0) is 49.4 Å². The molecular formula is C19H14BrN3O4. The molecule has 2 aromatic heterocycles. The van der Waals surface area contributed by atoms with Crippen molar-refractivity contribution in [3.63, 3.8) is 0 Å². The summed E-state index contributed by atoms with van der Waals surface area (Å²) in [4.78, 5) is 28.2. The molecule has 1 amide bonds. The van der Waals surface area contributed by atoms with Crippen LogP contribution in [0, 0.1) is 6.92 Å². The molecule has 27 heavy (non-hydrogen) atoms. The average Bonchev–Trinajstić information content (AvgIpc) is 3.19. The zero-order valence-corrected chi connectivity index (χ0v) is 15.8. The van der Waals surface area contributed by atoms with E-state index in [1.165, 1.54) is 24.7 Å². The number of hydrogen-bond acceptors (Lipinski definition) is 6. The van der Waals surface area contributed by atoms with E-state index in [4.69, 9.17) is 9.15 Å². The highest BCUT2D eigenvalue weighted by Gasteiger charge is 2.14. The van der Waals surface area contributed by atoms with Crippen LogP contribution in [0.25, 0.3) is 0 Å². The Morgan fingerprint density at radius 3 is 2.81 bits per heavy atom. The summed E-state index contributed by atoms with van der Waals surface area (Å²) in [5.41, 5.74) is 4.10. The molecular weight excluding hydrogens is 414 g/mol. The van der Waals surface area contributed by atoms with E-state index in [9.17, 15) is 9.59 Å². The lowest BCUT2D eigenvalue weighted by molar-refractivity contribution is 0.0700. The van der Waals surface area contributed by atoms with Crippen LogP contribution in [-0.2, 0) is 0 Å². The van der Waals surface area contributed by atoms with Crippen molar-refractivity contribution in [2.75, 3.05) is 0 Å². The van der Waals surface area contributed by atoms with Gasteiger partial charge in [-0.1, -0.05) is 15.9 Å². The lowest BCUT2D eigenvalue weighted by Crippen LogP contribution is -2.18. The maximum Gasteiger partial charge on any atom is 0.379 e. The van der Waals surface area contributed by atoms with E-state index in [2.05, 4.69) is 31.4 Å². The molecule has 8 heteroatoms. The predicted octanol–water partition coefficient (Wildman–Crippen LogP) is 3.73. The van der Waals surface area contributed by atoms with Gasteiger partial charge in [0.15, 0.2) is 0 Å². The first kappa shape index (κ1) is 18.5. The standard InChI is InChI=1S/C19H14BrN3O4/c1-12-4-5-13(10-21-12)18(24)23-22-11-14-9-15(20)6-7-16(14)27-19(25)17-3-2-8-26-17/h2-11H,1H3,(H,23,24). The number of ether oxygens (including phenoxy) is 1. The summed E-state index contributed by atoms with van der Waals surface area (Å²) in [7, 11) is 0. The van der Waals surface area contributed by atoms with Crippen molar-refractivity contribution < 1.29 is 18.7 Å². The van der Waals surface area contributed by atoms with Gasteiger partial charge >= 0.3 is 5.97 Å². The normalized spacial score (nSPS) is 10.7. The molecule has 0 bridgehead atoms. The van der Waals surface area contributed by atoms with Crippen LogP contribution in [0.3, 0.4) is 0 Å². The Hall–Kier alpha value is -3.26. The number of hydrazone groups is 1. The fourth-order valence-corrected chi connectivity index (χ4v) is 2.46. The minimum atomic E-state index is -0.633. The Balaban J connectivity index is 1.72. The minimum Gasteiger partial charge on any atom is -0.457 e. The van der Waals surface area contributed by atoms with Crippen LogP contribution >= 0.6 is 15.9 Å². The van der Waals surface area contributed by atoms with Gasteiger partial charge in [-0.3, -0.25) is 9.78 Å². The number of nitrogens with zero attached hydrogens (tertiary/aromatic N) is 2. The maximum atomic E-state index is 12.1. The fourth-order valence-electron chi connectivity index (χ4n) is 2.09. The number of aryl methyl sites for hydroxylation is 1. The first-order valence-electron chi connectivity index (χ1n) is 7.84. The third kappa shape index (κ3) is 4.89. The summed E-state index contributed by atoms with van der Waals surface area (Å²) in [6.45, 7) is 1.83. The molecule has 0 spiro atoms. The number of furan rings is 1. The van der Waals surface area contributed by atoms with Crippen molar-refractivity contribution in [3.8, 4) is 5.75 Å². The second-order valence-corrected chi connectivity index (χ2v) is 6.35. The molecule has 0 aliphatic heterocycles. The second kappa shape index (κ2) is 8.41. The van der Waals surface area contributed by atoms with E-state index >= 15 is 0 Å². The van der Waals surface area contributed by atoms with Gasteiger partial charge < -0.3 is 9.15 Å². The summed E-state index contributed by atoms with van der Waals surface area (Å²) < 4.78 is 11.1. The van der Waals surface area contributed by atoms with Crippen LogP contribution < -0.4 is 10.2 Å². The number of esters is 1. The van der Waals surface area contributed by atoms with E-state index in [1.807, 2.05) is 6.92 Å². The smallest absolute Gasteiger partial charge is 0.379 e. The molecule has 0 radical (unpaired) electrons. The molecule has 3 rings (SSSR count). The van der Waals surface area contributed by atoms with Crippen LogP contribution in [0.5, 0.6) is 5.75 Å². The van der Waals surface area contributed by atoms with Crippen molar-refractivity contribution in [2.24, 2.45) is 5.10 Å². The number of halogens is 1. The Morgan fingerprint density at radius 2 is 2.11 bits per heavy atom. The van der Waals surface area contributed by atoms with Gasteiger partial charge in [0.05, 0.1) is 18.0 Å². The maximum absolute atomic E-state index is 12.1. The second-order valence-electron chi connectivity index (χ2n) is 5.44. The van der Waals surface area contributed by atoms with Gasteiger partial charge in [0.25, 0.3) is 5.91 Å². The zero-order valence-electron chi connectivity index (χ0n) is 14.2. The summed E-state index contributed by atoms with van der Waals surface area (Å²) in [6.07, 6.45) is 4.24. The molecule has 1 N–H and O–H groups in total. The van der Waals surface area contributed by atoms with E-state index in [1.54, 1.807) is 36.4 Å². The average molecular weight is 428 g/mol. The van der Waals surface area contributed by atoms with Gasteiger partial charge in [0.1, 0.15) is 5.75 Å². The van der Waals surface area contributed by atoms with E-state index < -0.39 is 11.9 Å². The van der Waals surface area contributed by atoms with E-state index in [-0.39, 0.29) is 11.5 Å². The quantitative estimate of drug-likeness (QED) is 0.289. The molecule has 0 saturated heterocycles. The number of hydrogen-bond donors (Lipinski definition) is 1. The highest BCUT2D eigenvalue weighted by Crippen LogP contribution is 2.23. The van der Waals surface area contributed by atoms with Crippen molar-refractivity contribution in [1.29, 1.82) is 0 Å². The van der Waals surface area contributed by atoms with Gasteiger partial charge in [-0.25, -0.2) is 10.2 Å². The molecule has 0 aliphatic carbocycles. The van der Waals surface area contributed by atoms with E-state index in [0.29, 0.717) is 11.1 Å². The Bertz CT molecular complexity index is 983. The number of amides is 1. The molecule has 0 unspecified atom stereocenters. The van der Waals surface area contributed by atoms with Crippen LogP contribution in [0.4, 0.5) is 0 Å². The van der Waals surface area contributed by atoms with E-state index in [0.717, 1.165) is 10.2 Å². The summed E-state index contributed by atoms with van der Waals surface area (Å²) in [5.74, 6) is -0.676. The van der Waals surface area contributed by atoms with Crippen LogP contribution in [0.15, 0.2) is 68.9 Å². The third-order valence-corrected chi connectivity index (χ3v) is 3.93. The SMILES string of the molecule is Cc1ccc(C(=O)NN=Cc2cc(Br)ccc2OC(=O)c2ccco2)cn1. The summed E-state index contributed by atoms with van der Waals surface area (Å²) in [6, 6.07) is 11.5. The number of aromatic nitrogens is 1. The van der Waals surface area contributed by atoms with Gasteiger partial charge in [0, 0.05) is 21.9 Å². The lowest BCUT2D eigenvalue weighted by atomic mass is 10.2. The van der Waals surface area contributed by atoms with Crippen LogP contribution in [0.1, 0.15) is 32.2 Å². The monoisotopic (exact) mass is 427 g/mol. The first-order chi connectivity index (χ1) is 13.0. The highest BCUT2D eigenvalue weighted by atomic mass is 79.9. The molecule has 0 fully saturated rings. The third-order valence-electron chi connectivity index (χ3n) is 3.44. The summed E-state index contributed by atoms with van der Waals surface area (Å²) in [5, 5.41) is 3.92. The van der Waals surface area contributed by atoms with Crippen molar-refractivity contribution >= 4 is 34.0 Å².